The van der Waals surface area contributed by atoms with E-state index in [2.05, 4.69) is 28.6 Å². The highest BCUT2D eigenvalue weighted by molar-refractivity contribution is 5.66. The smallest absolute Gasteiger partial charge is 0.303 e. The lowest BCUT2D eigenvalue weighted by molar-refractivity contribution is -0.137. The van der Waals surface area contributed by atoms with Gasteiger partial charge in [-0.3, -0.25) is 9.69 Å². The van der Waals surface area contributed by atoms with Crippen molar-refractivity contribution in [3.63, 3.8) is 0 Å². The number of aliphatic carboxylic acids is 1. The zero-order valence-corrected chi connectivity index (χ0v) is 16.8. The van der Waals surface area contributed by atoms with Gasteiger partial charge in [0.25, 0.3) is 0 Å². The van der Waals surface area contributed by atoms with Crippen LogP contribution in [0.5, 0.6) is 0 Å². The number of carbonyl (C=O) groups is 1. The number of piperidine rings is 1. The maximum atomic E-state index is 11.2. The van der Waals surface area contributed by atoms with Gasteiger partial charge in [-0.05, 0) is 39.0 Å². The molecule has 0 bridgehead atoms. The Hall–Kier alpha value is -1.73. The van der Waals surface area contributed by atoms with E-state index in [1.807, 2.05) is 6.92 Å². The molecule has 2 saturated heterocycles. The number of ether oxygens (including phenoxy) is 1. The Morgan fingerprint density at radius 3 is 2.63 bits per heavy atom. The number of aromatic nitrogens is 2. The summed E-state index contributed by atoms with van der Waals surface area (Å²) >= 11 is 0. The Morgan fingerprint density at radius 2 is 1.96 bits per heavy atom. The van der Waals surface area contributed by atoms with Crippen LogP contribution in [0.15, 0.2) is 0 Å². The van der Waals surface area contributed by atoms with E-state index in [0.29, 0.717) is 18.4 Å². The molecule has 7 heteroatoms. The first-order chi connectivity index (χ1) is 13.0. The second-order valence-electron chi connectivity index (χ2n) is 7.65. The Bertz CT molecular complexity index is 661. The van der Waals surface area contributed by atoms with Gasteiger partial charge < -0.3 is 14.7 Å². The van der Waals surface area contributed by atoms with Crippen molar-refractivity contribution in [1.29, 1.82) is 0 Å². The number of morpholine rings is 1. The molecule has 3 rings (SSSR count). The van der Waals surface area contributed by atoms with Crippen molar-refractivity contribution in [2.75, 3.05) is 44.3 Å². The fraction of sp³-hybridized carbons (Fsp3) is 0.750. The van der Waals surface area contributed by atoms with E-state index in [9.17, 15) is 9.90 Å². The lowest BCUT2D eigenvalue weighted by Gasteiger charge is -2.45. The van der Waals surface area contributed by atoms with Crippen LogP contribution >= 0.6 is 0 Å². The first-order valence-electron chi connectivity index (χ1n) is 10.1. The minimum Gasteiger partial charge on any atom is -0.481 e. The molecule has 2 fully saturated rings. The second kappa shape index (κ2) is 8.97. The molecule has 3 heterocycles. The number of carboxylic acid groups (broad SMARTS) is 1. The predicted molar refractivity (Wildman–Crippen MR) is 104 cm³/mol. The fourth-order valence-electron chi connectivity index (χ4n) is 4.59. The predicted octanol–water partition coefficient (Wildman–Crippen LogP) is 2.05. The normalized spacial score (nSPS) is 24.2. The SMILES string of the molecule is CCc1c(C)nc(C)nc1N1CC[C@H](N2CCOCC2)[C@H](CCC(=O)O)C1. The molecule has 0 spiro atoms. The van der Waals surface area contributed by atoms with Gasteiger partial charge >= 0.3 is 5.97 Å². The molecule has 0 aliphatic carbocycles. The van der Waals surface area contributed by atoms with Gasteiger partial charge in [0.05, 0.1) is 13.2 Å². The number of anilines is 1. The first kappa shape index (κ1) is 20.0. The molecule has 7 nitrogen and oxygen atoms in total. The van der Waals surface area contributed by atoms with E-state index in [1.54, 1.807) is 0 Å². The highest BCUT2D eigenvalue weighted by atomic mass is 16.5. The van der Waals surface area contributed by atoms with Crippen LogP contribution in [0.4, 0.5) is 5.82 Å². The average molecular weight is 377 g/mol. The lowest BCUT2D eigenvalue weighted by Crippen LogP contribution is -2.54. The number of rotatable bonds is 6. The lowest BCUT2D eigenvalue weighted by atomic mass is 9.86. The molecule has 1 N–H and O–H groups in total. The van der Waals surface area contributed by atoms with Crippen molar-refractivity contribution < 1.29 is 14.6 Å². The third kappa shape index (κ3) is 4.76. The van der Waals surface area contributed by atoms with Gasteiger partial charge in [0.2, 0.25) is 0 Å². The Labute approximate surface area is 161 Å². The van der Waals surface area contributed by atoms with Crippen molar-refractivity contribution in [2.24, 2.45) is 5.92 Å². The minimum atomic E-state index is -0.712. The van der Waals surface area contributed by atoms with E-state index in [-0.39, 0.29) is 6.42 Å². The summed E-state index contributed by atoms with van der Waals surface area (Å²) in [5.41, 5.74) is 2.26. The molecule has 1 aromatic rings. The molecule has 2 aliphatic heterocycles. The van der Waals surface area contributed by atoms with Crippen LogP contribution in [0.3, 0.4) is 0 Å². The van der Waals surface area contributed by atoms with Gasteiger partial charge in [-0.2, -0.15) is 0 Å². The molecule has 2 atom stereocenters. The number of carboxylic acids is 1. The van der Waals surface area contributed by atoms with E-state index in [1.165, 1.54) is 5.56 Å². The van der Waals surface area contributed by atoms with Gasteiger partial charge in [0.1, 0.15) is 11.6 Å². The number of hydrogen-bond acceptors (Lipinski definition) is 6. The molecule has 0 saturated carbocycles. The van der Waals surface area contributed by atoms with Crippen molar-refractivity contribution in [3.8, 4) is 0 Å². The summed E-state index contributed by atoms with van der Waals surface area (Å²) in [6.07, 6.45) is 2.88. The minimum absolute atomic E-state index is 0.224. The highest BCUT2D eigenvalue weighted by Gasteiger charge is 2.35. The van der Waals surface area contributed by atoms with Crippen LogP contribution in [0.2, 0.25) is 0 Å². The zero-order valence-electron chi connectivity index (χ0n) is 16.8. The van der Waals surface area contributed by atoms with Crippen molar-refractivity contribution in [1.82, 2.24) is 14.9 Å². The molecule has 0 aromatic carbocycles. The Balaban J connectivity index is 1.81. The summed E-state index contributed by atoms with van der Waals surface area (Å²) < 4.78 is 5.51. The highest BCUT2D eigenvalue weighted by Crippen LogP contribution is 2.31. The Morgan fingerprint density at radius 1 is 1.22 bits per heavy atom. The largest absolute Gasteiger partial charge is 0.481 e. The third-order valence-corrected chi connectivity index (χ3v) is 5.89. The summed E-state index contributed by atoms with van der Waals surface area (Å²) in [7, 11) is 0. The van der Waals surface area contributed by atoms with E-state index in [0.717, 1.165) is 69.6 Å². The summed E-state index contributed by atoms with van der Waals surface area (Å²) in [5, 5.41) is 9.21. The molecule has 0 unspecified atom stereocenters. The van der Waals surface area contributed by atoms with Crippen LogP contribution in [0, 0.1) is 19.8 Å². The van der Waals surface area contributed by atoms with Crippen molar-refractivity contribution in [3.05, 3.63) is 17.1 Å². The van der Waals surface area contributed by atoms with Crippen LogP contribution in [0.1, 0.15) is 43.3 Å². The fourth-order valence-corrected chi connectivity index (χ4v) is 4.59. The summed E-state index contributed by atoms with van der Waals surface area (Å²) in [6, 6.07) is 0.429. The number of nitrogens with zero attached hydrogens (tertiary/aromatic N) is 4. The van der Waals surface area contributed by atoms with Gasteiger partial charge in [-0.1, -0.05) is 6.92 Å². The quantitative estimate of drug-likeness (QED) is 0.814. The molecule has 27 heavy (non-hydrogen) atoms. The zero-order chi connectivity index (χ0) is 19.4. The molecular weight excluding hydrogens is 344 g/mol. The van der Waals surface area contributed by atoms with Crippen LogP contribution in [-0.2, 0) is 16.0 Å². The molecular formula is C20H32N4O3. The van der Waals surface area contributed by atoms with Crippen molar-refractivity contribution >= 4 is 11.8 Å². The van der Waals surface area contributed by atoms with Crippen LogP contribution in [0.25, 0.3) is 0 Å². The van der Waals surface area contributed by atoms with Gasteiger partial charge in [0, 0.05) is 49.9 Å². The second-order valence-corrected chi connectivity index (χ2v) is 7.65. The van der Waals surface area contributed by atoms with E-state index in [4.69, 9.17) is 9.72 Å². The van der Waals surface area contributed by atoms with Crippen LogP contribution < -0.4 is 4.90 Å². The maximum Gasteiger partial charge on any atom is 0.303 e. The number of aryl methyl sites for hydroxylation is 2. The molecule has 150 valence electrons. The molecule has 2 aliphatic rings. The monoisotopic (exact) mass is 376 g/mol. The third-order valence-electron chi connectivity index (χ3n) is 5.89. The molecule has 0 radical (unpaired) electrons. The van der Waals surface area contributed by atoms with Gasteiger partial charge in [0.15, 0.2) is 0 Å². The summed E-state index contributed by atoms with van der Waals surface area (Å²) in [6.45, 7) is 11.4. The first-order valence-corrected chi connectivity index (χ1v) is 10.1. The van der Waals surface area contributed by atoms with Gasteiger partial charge in [-0.15, -0.1) is 0 Å². The van der Waals surface area contributed by atoms with Gasteiger partial charge in [-0.25, -0.2) is 9.97 Å². The maximum absolute atomic E-state index is 11.2. The average Bonchev–Trinajstić information content (AvgIpc) is 2.66. The summed E-state index contributed by atoms with van der Waals surface area (Å²) in [4.78, 5) is 25.4. The molecule has 1 aromatic heterocycles. The topological polar surface area (TPSA) is 78.8 Å². The van der Waals surface area contributed by atoms with E-state index >= 15 is 0 Å². The van der Waals surface area contributed by atoms with Crippen molar-refractivity contribution in [2.45, 2.75) is 52.5 Å². The van der Waals surface area contributed by atoms with Crippen LogP contribution in [-0.4, -0.2) is 71.4 Å². The Kier molecular flexibility index (Phi) is 6.65. The standard InChI is InChI=1S/C20H32N4O3/c1-4-17-14(2)21-15(3)22-20(17)24-8-7-18(23-9-11-27-12-10-23)16(13-24)5-6-19(25)26/h16,18H,4-13H2,1-3H3,(H,25,26)/t16-,18+/m1/s1. The molecule has 0 amide bonds. The summed E-state index contributed by atoms with van der Waals surface area (Å²) in [5.74, 6) is 1.46. The van der Waals surface area contributed by atoms with E-state index < -0.39 is 5.97 Å². The number of hydrogen-bond donors (Lipinski definition) is 1.